The molecule has 0 unspecified atom stereocenters. The van der Waals surface area contributed by atoms with Crippen molar-refractivity contribution in [3.05, 3.63) is 58.2 Å². The van der Waals surface area contributed by atoms with Gasteiger partial charge in [-0.1, -0.05) is 62.2 Å². The van der Waals surface area contributed by atoms with Crippen molar-refractivity contribution in [1.82, 2.24) is 19.4 Å². The van der Waals surface area contributed by atoms with E-state index < -0.39 is 0 Å². The van der Waals surface area contributed by atoms with E-state index in [0.717, 1.165) is 72.1 Å². The molecule has 0 spiro atoms. The molecule has 5 nitrogen and oxygen atoms in total. The Hall–Kier alpha value is -2.18. The number of aromatic nitrogens is 2. The van der Waals surface area contributed by atoms with Crippen molar-refractivity contribution in [1.29, 1.82) is 0 Å². The predicted molar refractivity (Wildman–Crippen MR) is 162 cm³/mol. The second-order valence-electron chi connectivity index (χ2n) is 11.7. The van der Waals surface area contributed by atoms with Gasteiger partial charge in [0.05, 0.1) is 11.2 Å². The Bertz CT molecular complexity index is 1170. The first-order chi connectivity index (χ1) is 18.3. The SMILES string of the molecule is CC(C)CCN(CCC(C)C)C(=O)c1ccn2nc(-c3ccc(Br)cc3)c(CCCN3CCCCC3)c2c1. The van der Waals surface area contributed by atoms with Crippen molar-refractivity contribution >= 4 is 27.4 Å². The number of likely N-dealkylation sites (tertiary alicyclic amines) is 1. The third-order valence-electron chi connectivity index (χ3n) is 7.69. The van der Waals surface area contributed by atoms with Gasteiger partial charge in [-0.15, -0.1) is 0 Å². The standard InChI is InChI=1S/C32H45BrN4O/c1-24(2)14-20-36(21-15-25(3)4)32(38)27-16-22-37-30(23-27)29(9-8-19-35-17-6-5-7-18-35)31(34-37)26-10-12-28(33)13-11-26/h10-13,16,22-25H,5-9,14-15,17-21H2,1-4H3. The van der Waals surface area contributed by atoms with Crippen LogP contribution in [-0.4, -0.2) is 58.0 Å². The largest absolute Gasteiger partial charge is 0.339 e. The molecule has 0 N–H and O–H groups in total. The Labute approximate surface area is 237 Å². The molecule has 1 aliphatic heterocycles. The molecule has 1 aromatic carbocycles. The Balaban J connectivity index is 1.64. The summed E-state index contributed by atoms with van der Waals surface area (Å²) in [6.45, 7) is 14.1. The third kappa shape index (κ3) is 7.69. The number of fused-ring (bicyclic) bond motifs is 1. The van der Waals surface area contributed by atoms with Crippen molar-refractivity contribution in [3.8, 4) is 11.3 Å². The van der Waals surface area contributed by atoms with Crippen LogP contribution in [-0.2, 0) is 6.42 Å². The molecule has 0 saturated carbocycles. The molecule has 0 bridgehead atoms. The fraction of sp³-hybridized carbons (Fsp3) is 0.562. The number of piperidine rings is 1. The topological polar surface area (TPSA) is 40.9 Å². The summed E-state index contributed by atoms with van der Waals surface area (Å²) in [6, 6.07) is 12.5. The minimum Gasteiger partial charge on any atom is -0.339 e. The Morgan fingerprint density at radius 2 is 1.63 bits per heavy atom. The van der Waals surface area contributed by atoms with Gasteiger partial charge < -0.3 is 9.80 Å². The molecule has 1 saturated heterocycles. The zero-order chi connectivity index (χ0) is 27.1. The Morgan fingerprint density at radius 3 is 2.26 bits per heavy atom. The highest BCUT2D eigenvalue weighted by Crippen LogP contribution is 2.29. The van der Waals surface area contributed by atoms with Crippen LogP contribution < -0.4 is 0 Å². The lowest BCUT2D eigenvalue weighted by molar-refractivity contribution is 0.0741. The number of hydrogen-bond acceptors (Lipinski definition) is 3. The van der Waals surface area contributed by atoms with Crippen molar-refractivity contribution in [2.24, 2.45) is 11.8 Å². The first-order valence-corrected chi connectivity index (χ1v) is 15.4. The average Bonchev–Trinajstić information content (AvgIpc) is 3.27. The molecule has 4 rings (SSSR count). The fourth-order valence-electron chi connectivity index (χ4n) is 5.30. The average molecular weight is 582 g/mol. The van der Waals surface area contributed by atoms with E-state index in [-0.39, 0.29) is 5.91 Å². The molecule has 38 heavy (non-hydrogen) atoms. The minimum atomic E-state index is 0.138. The number of pyridine rings is 1. The summed E-state index contributed by atoms with van der Waals surface area (Å²) in [4.78, 5) is 18.4. The second-order valence-corrected chi connectivity index (χ2v) is 12.7. The summed E-state index contributed by atoms with van der Waals surface area (Å²) in [6.07, 6.45) is 10.1. The van der Waals surface area contributed by atoms with Gasteiger partial charge in [0.2, 0.25) is 0 Å². The number of amides is 1. The maximum atomic E-state index is 13.7. The van der Waals surface area contributed by atoms with Crippen LogP contribution in [0.1, 0.15) is 82.1 Å². The maximum Gasteiger partial charge on any atom is 0.253 e. The monoisotopic (exact) mass is 580 g/mol. The van der Waals surface area contributed by atoms with Crippen LogP contribution in [0.3, 0.4) is 0 Å². The highest BCUT2D eigenvalue weighted by Gasteiger charge is 2.21. The molecule has 6 heteroatoms. The summed E-state index contributed by atoms with van der Waals surface area (Å²) in [5.41, 5.74) is 5.21. The molecule has 0 aliphatic carbocycles. The lowest BCUT2D eigenvalue weighted by Crippen LogP contribution is -2.34. The van der Waals surface area contributed by atoms with E-state index in [9.17, 15) is 4.79 Å². The number of carbonyl (C=O) groups is 1. The van der Waals surface area contributed by atoms with E-state index in [1.807, 2.05) is 16.8 Å². The minimum absolute atomic E-state index is 0.138. The van der Waals surface area contributed by atoms with Crippen molar-refractivity contribution in [2.45, 2.75) is 72.6 Å². The number of halogens is 1. The zero-order valence-electron chi connectivity index (χ0n) is 23.8. The molecule has 1 aliphatic rings. The smallest absolute Gasteiger partial charge is 0.253 e. The predicted octanol–water partition coefficient (Wildman–Crippen LogP) is 7.72. The lowest BCUT2D eigenvalue weighted by atomic mass is 10.0. The van der Waals surface area contributed by atoms with Crippen LogP contribution in [0, 0.1) is 11.8 Å². The van der Waals surface area contributed by atoms with Crippen LogP contribution in [0.15, 0.2) is 47.1 Å². The first-order valence-electron chi connectivity index (χ1n) is 14.6. The molecule has 1 fully saturated rings. The molecule has 2 aromatic heterocycles. The number of carbonyl (C=O) groups excluding carboxylic acids is 1. The molecule has 1 amide bonds. The highest BCUT2D eigenvalue weighted by molar-refractivity contribution is 9.10. The fourth-order valence-corrected chi connectivity index (χ4v) is 5.57. The summed E-state index contributed by atoms with van der Waals surface area (Å²) in [5.74, 6) is 1.28. The van der Waals surface area contributed by atoms with Gasteiger partial charge in [-0.2, -0.15) is 5.10 Å². The second kappa shape index (κ2) is 13.7. The van der Waals surface area contributed by atoms with E-state index in [4.69, 9.17) is 5.10 Å². The number of aryl methyl sites for hydroxylation is 1. The summed E-state index contributed by atoms with van der Waals surface area (Å²) >= 11 is 3.57. The van der Waals surface area contributed by atoms with Crippen LogP contribution in [0.4, 0.5) is 0 Å². The number of rotatable bonds is 12. The summed E-state index contributed by atoms with van der Waals surface area (Å²) in [5, 5.41) is 5.01. The van der Waals surface area contributed by atoms with E-state index in [2.05, 4.69) is 83.8 Å². The van der Waals surface area contributed by atoms with Gasteiger partial charge in [-0.3, -0.25) is 4.79 Å². The number of benzene rings is 1. The van der Waals surface area contributed by atoms with E-state index >= 15 is 0 Å². The molecule has 3 aromatic rings. The van der Waals surface area contributed by atoms with Crippen molar-refractivity contribution in [2.75, 3.05) is 32.7 Å². The Kier molecular flexibility index (Phi) is 10.4. The van der Waals surface area contributed by atoms with Gasteiger partial charge in [0.1, 0.15) is 0 Å². The van der Waals surface area contributed by atoms with Gasteiger partial charge in [0, 0.05) is 40.4 Å². The van der Waals surface area contributed by atoms with E-state index in [0.29, 0.717) is 11.8 Å². The van der Waals surface area contributed by atoms with Crippen LogP contribution in [0.25, 0.3) is 16.8 Å². The van der Waals surface area contributed by atoms with Crippen LogP contribution >= 0.6 is 15.9 Å². The number of nitrogens with zero attached hydrogens (tertiary/aromatic N) is 4. The van der Waals surface area contributed by atoms with Crippen LogP contribution in [0.5, 0.6) is 0 Å². The van der Waals surface area contributed by atoms with Crippen LogP contribution in [0.2, 0.25) is 0 Å². The van der Waals surface area contributed by atoms with Gasteiger partial charge in [-0.05, 0) is 94.3 Å². The van der Waals surface area contributed by atoms with Gasteiger partial charge in [-0.25, -0.2) is 4.52 Å². The quantitative estimate of drug-likeness (QED) is 0.220. The molecule has 0 atom stereocenters. The van der Waals surface area contributed by atoms with E-state index in [1.165, 1.54) is 37.9 Å². The summed E-state index contributed by atoms with van der Waals surface area (Å²) in [7, 11) is 0. The van der Waals surface area contributed by atoms with Gasteiger partial charge in [0.25, 0.3) is 5.91 Å². The van der Waals surface area contributed by atoms with E-state index in [1.54, 1.807) is 0 Å². The summed E-state index contributed by atoms with van der Waals surface area (Å²) < 4.78 is 3.03. The third-order valence-corrected chi connectivity index (χ3v) is 8.22. The number of hydrogen-bond donors (Lipinski definition) is 0. The van der Waals surface area contributed by atoms with Crippen molar-refractivity contribution < 1.29 is 4.79 Å². The highest BCUT2D eigenvalue weighted by atomic mass is 79.9. The normalized spacial score (nSPS) is 14.6. The van der Waals surface area contributed by atoms with Gasteiger partial charge in [0.15, 0.2) is 0 Å². The zero-order valence-corrected chi connectivity index (χ0v) is 25.3. The molecule has 3 heterocycles. The maximum absolute atomic E-state index is 13.7. The van der Waals surface area contributed by atoms with Crippen molar-refractivity contribution in [3.63, 3.8) is 0 Å². The molecular formula is C32H45BrN4O. The molecular weight excluding hydrogens is 536 g/mol. The first kappa shape index (κ1) is 28.8. The Morgan fingerprint density at radius 1 is 0.974 bits per heavy atom. The van der Waals surface area contributed by atoms with Gasteiger partial charge >= 0.3 is 0 Å². The lowest BCUT2D eigenvalue weighted by Gasteiger charge is -2.26. The molecule has 0 radical (unpaired) electrons. The molecule has 206 valence electrons.